The number of ether oxygens (including phenoxy) is 1. The van der Waals surface area contributed by atoms with Crippen LogP contribution in [0.1, 0.15) is 43.1 Å². The number of carbonyl (C=O) groups excluding carboxylic acids is 3. The first-order valence-electron chi connectivity index (χ1n) is 9.35. The number of halogens is 3. The van der Waals surface area contributed by atoms with Crippen molar-refractivity contribution in [2.24, 2.45) is 0 Å². The normalized spacial score (nSPS) is 16.7. The first-order chi connectivity index (χ1) is 13.9. The highest BCUT2D eigenvalue weighted by Gasteiger charge is 2.36. The average Bonchev–Trinajstić information content (AvgIpc) is 3.10. The molecular weight excluding hydrogens is 405 g/mol. The molecule has 1 aliphatic rings. The van der Waals surface area contributed by atoms with Crippen LogP contribution in [-0.4, -0.2) is 49.2 Å². The fourth-order valence-electron chi connectivity index (χ4n) is 2.83. The van der Waals surface area contributed by atoms with Crippen LogP contribution in [0, 0.1) is 0 Å². The Labute approximate surface area is 171 Å². The van der Waals surface area contributed by atoms with Crippen molar-refractivity contribution in [1.29, 1.82) is 0 Å². The van der Waals surface area contributed by atoms with Gasteiger partial charge in [-0.1, -0.05) is 6.07 Å². The van der Waals surface area contributed by atoms with Gasteiger partial charge in [0.1, 0.15) is 5.60 Å². The molecular formula is C19H25F3N4O4. The van der Waals surface area contributed by atoms with Crippen LogP contribution in [0.3, 0.4) is 0 Å². The minimum Gasteiger partial charge on any atom is -0.444 e. The molecule has 1 aromatic rings. The van der Waals surface area contributed by atoms with Crippen molar-refractivity contribution in [3.63, 3.8) is 0 Å². The van der Waals surface area contributed by atoms with Crippen molar-refractivity contribution in [3.8, 4) is 0 Å². The predicted octanol–water partition coefficient (Wildman–Crippen LogP) is 2.26. The third-order valence-corrected chi connectivity index (χ3v) is 4.08. The Kier molecular flexibility index (Phi) is 7.30. The van der Waals surface area contributed by atoms with Crippen molar-refractivity contribution >= 4 is 23.6 Å². The molecule has 0 bridgehead atoms. The summed E-state index contributed by atoms with van der Waals surface area (Å²) in [4.78, 5) is 36.5. The summed E-state index contributed by atoms with van der Waals surface area (Å²) >= 11 is 0. The summed E-state index contributed by atoms with van der Waals surface area (Å²) in [7, 11) is 0. The summed E-state index contributed by atoms with van der Waals surface area (Å²) < 4.78 is 45.3. The number of amides is 3. The van der Waals surface area contributed by atoms with E-state index in [1.54, 1.807) is 20.8 Å². The molecule has 1 aliphatic heterocycles. The van der Waals surface area contributed by atoms with Crippen LogP contribution in [-0.2, 0) is 15.7 Å². The van der Waals surface area contributed by atoms with Crippen molar-refractivity contribution in [2.75, 3.05) is 25.0 Å². The maximum Gasteiger partial charge on any atom is 0.418 e. The molecule has 1 heterocycles. The molecule has 4 N–H and O–H groups in total. The lowest BCUT2D eigenvalue weighted by molar-refractivity contribution is -0.137. The van der Waals surface area contributed by atoms with Crippen LogP contribution in [0.25, 0.3) is 0 Å². The average molecular weight is 430 g/mol. The molecule has 0 spiro atoms. The van der Waals surface area contributed by atoms with Gasteiger partial charge in [0.05, 0.1) is 23.4 Å². The van der Waals surface area contributed by atoms with Gasteiger partial charge >= 0.3 is 12.3 Å². The Balaban J connectivity index is 2.17. The second-order valence-corrected chi connectivity index (χ2v) is 7.79. The third-order valence-electron chi connectivity index (χ3n) is 4.08. The van der Waals surface area contributed by atoms with Crippen LogP contribution < -0.4 is 21.3 Å². The Hall–Kier alpha value is -2.82. The maximum atomic E-state index is 13.4. The van der Waals surface area contributed by atoms with E-state index in [-0.39, 0.29) is 6.04 Å². The number of carbonyl (C=O) groups is 3. The second-order valence-electron chi connectivity index (χ2n) is 7.79. The van der Waals surface area contributed by atoms with Crippen molar-refractivity contribution in [2.45, 2.75) is 45.0 Å². The van der Waals surface area contributed by atoms with Gasteiger partial charge in [0.15, 0.2) is 0 Å². The Morgan fingerprint density at radius 3 is 2.47 bits per heavy atom. The molecule has 2 rings (SSSR count). The smallest absolute Gasteiger partial charge is 0.418 e. The second kappa shape index (κ2) is 9.33. The fourth-order valence-corrected chi connectivity index (χ4v) is 2.83. The van der Waals surface area contributed by atoms with Gasteiger partial charge in [0, 0.05) is 12.6 Å². The predicted molar refractivity (Wildman–Crippen MR) is 103 cm³/mol. The zero-order valence-corrected chi connectivity index (χ0v) is 16.9. The van der Waals surface area contributed by atoms with Gasteiger partial charge in [0.25, 0.3) is 5.91 Å². The highest BCUT2D eigenvalue weighted by Crippen LogP contribution is 2.37. The maximum absolute atomic E-state index is 13.4. The van der Waals surface area contributed by atoms with Gasteiger partial charge < -0.3 is 20.7 Å². The molecule has 0 aromatic heterocycles. The lowest BCUT2D eigenvalue weighted by Crippen LogP contribution is -2.43. The standard InChI is InChI=1S/C19H25F3N4O4/c1-18(2,3)30-17(29)26-15-12(5-4-6-13(15)19(20,21)22)16(28)24-10-14(27)25-11-7-8-23-9-11/h4-6,11,23H,7-10H2,1-3H3,(H,24,28)(H,25,27)(H,26,29)/t11-/m1/s1. The van der Waals surface area contributed by atoms with Crippen LogP contribution >= 0.6 is 0 Å². The van der Waals surface area contributed by atoms with Crippen molar-refractivity contribution in [1.82, 2.24) is 16.0 Å². The Morgan fingerprint density at radius 1 is 1.20 bits per heavy atom. The number of hydrogen-bond donors (Lipinski definition) is 4. The molecule has 1 saturated heterocycles. The van der Waals surface area contributed by atoms with Gasteiger partial charge in [-0.2, -0.15) is 13.2 Å². The monoisotopic (exact) mass is 430 g/mol. The van der Waals surface area contributed by atoms with Gasteiger partial charge in [-0.15, -0.1) is 0 Å². The molecule has 30 heavy (non-hydrogen) atoms. The van der Waals surface area contributed by atoms with Crippen LogP contribution in [0.4, 0.5) is 23.7 Å². The van der Waals surface area contributed by atoms with E-state index >= 15 is 0 Å². The first kappa shape index (κ1) is 23.5. The van der Waals surface area contributed by atoms with E-state index in [1.807, 2.05) is 5.32 Å². The van der Waals surface area contributed by atoms with Crippen molar-refractivity contribution < 1.29 is 32.3 Å². The minimum absolute atomic E-state index is 0.0626. The quantitative estimate of drug-likeness (QED) is 0.573. The molecule has 8 nitrogen and oxygen atoms in total. The number of benzene rings is 1. The summed E-state index contributed by atoms with van der Waals surface area (Å²) in [5, 5.41) is 10.1. The van der Waals surface area contributed by atoms with E-state index < -0.39 is 53.0 Å². The lowest BCUT2D eigenvalue weighted by atomic mass is 10.1. The third kappa shape index (κ3) is 6.90. The summed E-state index contributed by atoms with van der Waals surface area (Å²) in [5.74, 6) is -1.41. The number of anilines is 1. The van der Waals surface area contributed by atoms with Crippen LogP contribution in [0.5, 0.6) is 0 Å². The fraction of sp³-hybridized carbons (Fsp3) is 0.526. The minimum atomic E-state index is -4.83. The molecule has 11 heteroatoms. The molecule has 1 fully saturated rings. The number of para-hydroxylation sites is 1. The van der Waals surface area contributed by atoms with E-state index in [4.69, 9.17) is 4.74 Å². The highest BCUT2D eigenvalue weighted by molar-refractivity contribution is 6.04. The first-order valence-corrected chi connectivity index (χ1v) is 9.35. The van der Waals surface area contributed by atoms with E-state index in [0.717, 1.165) is 31.2 Å². The molecule has 0 unspecified atom stereocenters. The number of hydrogen-bond acceptors (Lipinski definition) is 5. The summed E-state index contributed by atoms with van der Waals surface area (Å²) in [6.07, 6.45) is -5.22. The molecule has 1 atom stereocenters. The molecule has 0 saturated carbocycles. The largest absolute Gasteiger partial charge is 0.444 e. The van der Waals surface area contributed by atoms with Crippen LogP contribution in [0.2, 0.25) is 0 Å². The molecule has 166 valence electrons. The zero-order valence-electron chi connectivity index (χ0n) is 16.9. The summed E-state index contributed by atoms with van der Waals surface area (Å²) in [5.41, 5.74) is -3.34. The van der Waals surface area contributed by atoms with E-state index in [9.17, 15) is 27.6 Å². The highest BCUT2D eigenvalue weighted by atomic mass is 19.4. The van der Waals surface area contributed by atoms with Gasteiger partial charge in [-0.05, 0) is 45.9 Å². The Bertz CT molecular complexity index is 800. The zero-order chi connectivity index (χ0) is 22.5. The molecule has 0 radical (unpaired) electrons. The Morgan fingerprint density at radius 2 is 1.90 bits per heavy atom. The van der Waals surface area contributed by atoms with Gasteiger partial charge in [0.2, 0.25) is 5.91 Å². The molecule has 0 aliphatic carbocycles. The SMILES string of the molecule is CC(C)(C)OC(=O)Nc1c(C(=O)NCC(=O)N[C@@H]2CCNC2)cccc1C(F)(F)F. The van der Waals surface area contributed by atoms with Crippen LogP contribution in [0.15, 0.2) is 18.2 Å². The number of nitrogens with one attached hydrogen (secondary N) is 4. The number of rotatable bonds is 5. The van der Waals surface area contributed by atoms with Gasteiger partial charge in [-0.3, -0.25) is 14.9 Å². The van der Waals surface area contributed by atoms with E-state index in [0.29, 0.717) is 6.54 Å². The van der Waals surface area contributed by atoms with Crippen molar-refractivity contribution in [3.05, 3.63) is 29.3 Å². The lowest BCUT2D eigenvalue weighted by Gasteiger charge is -2.22. The van der Waals surface area contributed by atoms with E-state index in [1.165, 1.54) is 0 Å². The summed E-state index contributed by atoms with van der Waals surface area (Å²) in [6.45, 7) is 5.60. The molecule has 3 amide bonds. The van der Waals surface area contributed by atoms with E-state index in [2.05, 4.69) is 16.0 Å². The molecule has 1 aromatic carbocycles. The summed E-state index contributed by atoms with van der Waals surface area (Å²) in [6, 6.07) is 2.84. The topological polar surface area (TPSA) is 109 Å². The van der Waals surface area contributed by atoms with Gasteiger partial charge in [-0.25, -0.2) is 4.79 Å². The number of alkyl halides is 3.